The molecule has 1 aromatic rings. The summed E-state index contributed by atoms with van der Waals surface area (Å²) in [6.45, 7) is -1.94. The van der Waals surface area contributed by atoms with Gasteiger partial charge in [-0.25, -0.2) is 0 Å². The summed E-state index contributed by atoms with van der Waals surface area (Å²) in [5.74, 6) is -0.121. The van der Waals surface area contributed by atoms with Crippen LogP contribution >= 0.6 is 0 Å². The third-order valence-corrected chi connectivity index (χ3v) is 2.40. The molecule has 1 rings (SSSR count). The van der Waals surface area contributed by atoms with E-state index in [0.29, 0.717) is 13.2 Å². The van der Waals surface area contributed by atoms with Gasteiger partial charge in [0.15, 0.2) is 0 Å². The normalized spacial score (nSPS) is 10.9. The van der Waals surface area contributed by atoms with Crippen LogP contribution in [0.3, 0.4) is 0 Å². The Morgan fingerprint density at radius 3 is 2.37 bits per heavy atom. The molecule has 0 amide bonds. The van der Waals surface area contributed by atoms with Crippen LogP contribution in [0.4, 0.5) is 12.9 Å². The Morgan fingerprint density at radius 1 is 1.05 bits per heavy atom. The Bertz CT molecular complexity index is 361. The second-order valence-corrected chi connectivity index (χ2v) is 3.93. The summed E-state index contributed by atoms with van der Waals surface area (Å²) in [5.41, 5.74) is -0.689. The summed E-state index contributed by atoms with van der Waals surface area (Å²) in [6.07, 6.45) is 1.97. The standard InChI is InChI=1S/C12H17BF3O2.K/c1-2-3-8-17-9-10-18-12-7-5-4-6-11(12)13(14,15)16;/h4-7H,2-3,8-10H2,1H3;/q-1;+1. The van der Waals surface area contributed by atoms with Crippen molar-refractivity contribution in [3.8, 4) is 5.75 Å². The number of hydrogen-bond acceptors (Lipinski definition) is 2. The van der Waals surface area contributed by atoms with Crippen molar-refractivity contribution in [3.05, 3.63) is 24.3 Å². The van der Waals surface area contributed by atoms with Gasteiger partial charge in [0.2, 0.25) is 0 Å². The van der Waals surface area contributed by atoms with Crippen molar-refractivity contribution in [2.45, 2.75) is 19.8 Å². The molecule has 0 fully saturated rings. The van der Waals surface area contributed by atoms with E-state index < -0.39 is 12.4 Å². The van der Waals surface area contributed by atoms with E-state index in [2.05, 4.69) is 0 Å². The minimum absolute atomic E-state index is 0. The number of ether oxygens (including phenoxy) is 2. The number of benzene rings is 1. The molecule has 0 heterocycles. The van der Waals surface area contributed by atoms with Crippen molar-refractivity contribution < 1.29 is 73.8 Å². The Labute approximate surface area is 154 Å². The molecule has 0 aliphatic rings. The van der Waals surface area contributed by atoms with Crippen LogP contribution in [0, 0.1) is 0 Å². The second kappa shape index (κ2) is 10.2. The molecule has 0 aliphatic carbocycles. The fourth-order valence-corrected chi connectivity index (χ4v) is 1.44. The maximum Gasteiger partial charge on any atom is 1.00 e. The van der Waals surface area contributed by atoms with Crippen LogP contribution in [-0.2, 0) is 4.74 Å². The first-order valence-electron chi connectivity index (χ1n) is 6.05. The first-order valence-corrected chi connectivity index (χ1v) is 6.05. The summed E-state index contributed by atoms with van der Waals surface area (Å²) >= 11 is 0. The summed E-state index contributed by atoms with van der Waals surface area (Å²) in [7, 11) is 0. The van der Waals surface area contributed by atoms with Crippen LogP contribution < -0.4 is 61.6 Å². The van der Waals surface area contributed by atoms with E-state index in [4.69, 9.17) is 9.47 Å². The quantitative estimate of drug-likeness (QED) is 0.495. The first-order chi connectivity index (χ1) is 8.55. The van der Waals surface area contributed by atoms with E-state index in [9.17, 15) is 12.9 Å². The average Bonchev–Trinajstić information content (AvgIpc) is 2.33. The van der Waals surface area contributed by atoms with Crippen molar-refractivity contribution in [1.82, 2.24) is 0 Å². The number of hydrogen-bond donors (Lipinski definition) is 0. The van der Waals surface area contributed by atoms with E-state index in [-0.39, 0.29) is 63.7 Å². The molecule has 0 spiro atoms. The predicted molar refractivity (Wildman–Crippen MR) is 66.4 cm³/mol. The van der Waals surface area contributed by atoms with E-state index in [1.165, 1.54) is 18.2 Å². The predicted octanol–water partition coefficient (Wildman–Crippen LogP) is -0.0595. The third-order valence-electron chi connectivity index (χ3n) is 2.40. The monoisotopic (exact) mass is 300 g/mol. The van der Waals surface area contributed by atoms with Gasteiger partial charge in [-0.05, 0) is 12.5 Å². The minimum Gasteiger partial charge on any atom is -0.494 e. The van der Waals surface area contributed by atoms with E-state index in [0.717, 1.165) is 18.9 Å². The number of rotatable bonds is 8. The van der Waals surface area contributed by atoms with Crippen molar-refractivity contribution in [1.29, 1.82) is 0 Å². The molecule has 0 atom stereocenters. The van der Waals surface area contributed by atoms with Crippen LogP contribution in [0.1, 0.15) is 19.8 Å². The topological polar surface area (TPSA) is 18.5 Å². The third kappa shape index (κ3) is 7.72. The largest absolute Gasteiger partial charge is 1.00 e. The van der Waals surface area contributed by atoms with Crippen LogP contribution in [0.2, 0.25) is 0 Å². The van der Waals surface area contributed by atoms with Gasteiger partial charge in [-0.2, -0.15) is 0 Å². The molecule has 1 aromatic carbocycles. The molecule has 102 valence electrons. The van der Waals surface area contributed by atoms with Crippen LogP contribution in [-0.4, -0.2) is 26.8 Å². The molecule has 0 saturated carbocycles. The smallest absolute Gasteiger partial charge is 0.494 e. The zero-order chi connectivity index (χ0) is 13.4. The van der Waals surface area contributed by atoms with Gasteiger partial charge in [-0.1, -0.05) is 37.0 Å². The van der Waals surface area contributed by atoms with Crippen LogP contribution in [0.15, 0.2) is 24.3 Å². The molecule has 0 unspecified atom stereocenters. The zero-order valence-corrected chi connectivity index (χ0v) is 14.5. The Hall–Kier alpha value is 0.471. The SMILES string of the molecule is CCCCOCCOc1ccccc1[B-](F)(F)F.[K+]. The van der Waals surface area contributed by atoms with Crippen molar-refractivity contribution in [2.24, 2.45) is 0 Å². The van der Waals surface area contributed by atoms with Gasteiger partial charge in [0.05, 0.1) is 12.4 Å². The van der Waals surface area contributed by atoms with Crippen molar-refractivity contribution in [2.75, 3.05) is 19.8 Å². The average molecular weight is 300 g/mol. The van der Waals surface area contributed by atoms with Gasteiger partial charge >= 0.3 is 58.4 Å². The molecule has 0 N–H and O–H groups in total. The molecule has 0 aliphatic heterocycles. The zero-order valence-electron chi connectivity index (χ0n) is 11.4. The second-order valence-electron chi connectivity index (χ2n) is 3.93. The number of para-hydroxylation sites is 1. The summed E-state index contributed by atoms with van der Waals surface area (Å²) < 4.78 is 48.4. The molecular weight excluding hydrogens is 283 g/mol. The summed E-state index contributed by atoms with van der Waals surface area (Å²) in [5, 5.41) is 0. The molecule has 7 heteroatoms. The van der Waals surface area contributed by atoms with E-state index in [1.807, 2.05) is 6.92 Å². The first kappa shape index (κ1) is 19.5. The van der Waals surface area contributed by atoms with Crippen molar-refractivity contribution >= 4 is 12.4 Å². The maximum atomic E-state index is 12.7. The summed E-state index contributed by atoms with van der Waals surface area (Å²) in [4.78, 5) is 0. The molecular formula is C12H17BF3KO2. The van der Waals surface area contributed by atoms with Crippen molar-refractivity contribution in [3.63, 3.8) is 0 Å². The minimum atomic E-state index is -5.04. The molecule has 0 saturated heterocycles. The molecule has 0 aromatic heterocycles. The maximum absolute atomic E-state index is 12.7. The Kier molecular flexibility index (Phi) is 10.5. The van der Waals surface area contributed by atoms with E-state index in [1.54, 1.807) is 0 Å². The molecule has 19 heavy (non-hydrogen) atoms. The summed E-state index contributed by atoms with van der Waals surface area (Å²) in [6, 6.07) is 5.25. The number of unbranched alkanes of at least 4 members (excludes halogenated alkanes) is 1. The number of halogens is 3. The fourth-order valence-electron chi connectivity index (χ4n) is 1.44. The van der Waals surface area contributed by atoms with Gasteiger partial charge in [-0.3, -0.25) is 0 Å². The van der Waals surface area contributed by atoms with Crippen LogP contribution in [0.5, 0.6) is 5.75 Å². The Morgan fingerprint density at radius 2 is 1.74 bits per heavy atom. The van der Waals surface area contributed by atoms with Gasteiger partial charge in [0, 0.05) is 6.61 Å². The fraction of sp³-hybridized carbons (Fsp3) is 0.500. The molecule has 0 bridgehead atoms. The van der Waals surface area contributed by atoms with Gasteiger partial charge in [-0.15, -0.1) is 0 Å². The molecule has 2 nitrogen and oxygen atoms in total. The van der Waals surface area contributed by atoms with Gasteiger partial charge < -0.3 is 22.4 Å². The molecule has 0 radical (unpaired) electrons. The van der Waals surface area contributed by atoms with E-state index >= 15 is 0 Å². The van der Waals surface area contributed by atoms with Gasteiger partial charge in [0.25, 0.3) is 0 Å². The Balaban J connectivity index is 0.00000324. The van der Waals surface area contributed by atoms with Gasteiger partial charge in [0.1, 0.15) is 6.61 Å². The van der Waals surface area contributed by atoms with Crippen LogP contribution in [0.25, 0.3) is 0 Å².